The number of amides is 1. The largest absolute Gasteiger partial charge is 0.407 e. The smallest absolute Gasteiger partial charge is 0.309 e. The molecule has 102 valence electrons. The summed E-state index contributed by atoms with van der Waals surface area (Å²) < 4.78 is 5.06. The highest BCUT2D eigenvalue weighted by atomic mass is 16.5. The third-order valence-electron chi connectivity index (χ3n) is 3.18. The molecule has 0 bridgehead atoms. The molecule has 20 heavy (non-hydrogen) atoms. The van der Waals surface area contributed by atoms with Crippen LogP contribution in [-0.2, 0) is 9.59 Å². The van der Waals surface area contributed by atoms with Crippen molar-refractivity contribution >= 4 is 28.3 Å². The zero-order chi connectivity index (χ0) is 14.1. The fraction of sp³-hybridized carbons (Fsp3) is 0.267. The lowest BCUT2D eigenvalue weighted by atomic mass is 10.1. The summed E-state index contributed by atoms with van der Waals surface area (Å²) in [4.78, 5) is 26.8. The fourth-order valence-electron chi connectivity index (χ4n) is 2.04. The van der Waals surface area contributed by atoms with Crippen LogP contribution in [0.4, 0.5) is 5.69 Å². The van der Waals surface area contributed by atoms with Gasteiger partial charge in [0.1, 0.15) is 0 Å². The molecule has 0 saturated heterocycles. The van der Waals surface area contributed by atoms with Crippen molar-refractivity contribution in [3.8, 4) is 5.88 Å². The first kappa shape index (κ1) is 12.6. The second kappa shape index (κ2) is 4.92. The Morgan fingerprint density at radius 2 is 2.10 bits per heavy atom. The minimum absolute atomic E-state index is 0.0682. The van der Waals surface area contributed by atoms with Crippen molar-refractivity contribution in [3.63, 3.8) is 0 Å². The van der Waals surface area contributed by atoms with Crippen LogP contribution in [0.25, 0.3) is 10.8 Å². The van der Waals surface area contributed by atoms with Gasteiger partial charge in [0.25, 0.3) is 0 Å². The van der Waals surface area contributed by atoms with Crippen LogP contribution in [-0.4, -0.2) is 16.9 Å². The van der Waals surface area contributed by atoms with Gasteiger partial charge >= 0.3 is 5.97 Å². The molecule has 0 unspecified atom stereocenters. The summed E-state index contributed by atoms with van der Waals surface area (Å²) in [5.74, 6) is 0.115. The van der Waals surface area contributed by atoms with Crippen molar-refractivity contribution < 1.29 is 14.3 Å². The number of fused-ring (bicyclic) bond motifs is 1. The summed E-state index contributed by atoms with van der Waals surface area (Å²) in [6.07, 6.45) is 3.52. The maximum Gasteiger partial charge on any atom is 0.309 e. The van der Waals surface area contributed by atoms with E-state index in [0.717, 1.165) is 29.3 Å². The van der Waals surface area contributed by atoms with Gasteiger partial charge in [0.2, 0.25) is 11.8 Å². The number of carbonyl (C=O) groups is 2. The van der Waals surface area contributed by atoms with Crippen molar-refractivity contribution in [2.45, 2.75) is 19.8 Å². The Hall–Kier alpha value is -2.43. The second-order valence-electron chi connectivity index (χ2n) is 4.91. The molecule has 0 aliphatic heterocycles. The first-order chi connectivity index (χ1) is 9.63. The van der Waals surface area contributed by atoms with Gasteiger partial charge in [0.15, 0.2) is 0 Å². The summed E-state index contributed by atoms with van der Waals surface area (Å²) in [6, 6.07) is 7.25. The summed E-state index contributed by atoms with van der Waals surface area (Å²) in [6.45, 7) is 1.34. The number of esters is 1. The van der Waals surface area contributed by atoms with Gasteiger partial charge in [-0.3, -0.25) is 9.59 Å². The van der Waals surface area contributed by atoms with E-state index in [1.807, 2.05) is 12.1 Å². The normalized spacial score (nSPS) is 14.1. The number of nitrogens with zero attached hydrogens (tertiary/aromatic N) is 1. The molecule has 2 aromatic rings. The van der Waals surface area contributed by atoms with Gasteiger partial charge in [0, 0.05) is 30.1 Å². The van der Waals surface area contributed by atoms with Crippen LogP contribution in [0.1, 0.15) is 19.8 Å². The molecule has 1 heterocycles. The lowest BCUT2D eigenvalue weighted by Gasteiger charge is -2.08. The number of benzene rings is 1. The Morgan fingerprint density at radius 1 is 1.30 bits per heavy atom. The highest BCUT2D eigenvalue weighted by molar-refractivity contribution is 5.97. The number of rotatable bonds is 3. The van der Waals surface area contributed by atoms with Gasteiger partial charge < -0.3 is 10.1 Å². The van der Waals surface area contributed by atoms with Crippen molar-refractivity contribution in [2.75, 3.05) is 5.32 Å². The van der Waals surface area contributed by atoms with Gasteiger partial charge in [-0.2, -0.15) is 0 Å². The summed E-state index contributed by atoms with van der Waals surface area (Å²) in [5.41, 5.74) is 0.745. The molecule has 1 aliphatic rings. The average molecular weight is 270 g/mol. The van der Waals surface area contributed by atoms with Crippen LogP contribution in [0.2, 0.25) is 0 Å². The van der Waals surface area contributed by atoms with Crippen LogP contribution < -0.4 is 10.1 Å². The molecule has 1 saturated carbocycles. The van der Waals surface area contributed by atoms with E-state index in [-0.39, 0.29) is 17.7 Å². The maximum absolute atomic E-state index is 11.7. The Kier molecular flexibility index (Phi) is 3.10. The summed E-state index contributed by atoms with van der Waals surface area (Å²) in [7, 11) is 0. The van der Waals surface area contributed by atoms with E-state index < -0.39 is 5.97 Å². The Morgan fingerprint density at radius 3 is 2.80 bits per heavy atom. The van der Waals surface area contributed by atoms with Gasteiger partial charge in [-0.05, 0) is 42.5 Å². The van der Waals surface area contributed by atoms with E-state index in [1.165, 1.54) is 6.92 Å². The number of aromatic nitrogens is 1. The number of nitrogens with one attached hydrogen (secondary N) is 1. The molecule has 5 nitrogen and oxygen atoms in total. The molecule has 3 rings (SSSR count). The second-order valence-corrected chi connectivity index (χ2v) is 4.91. The standard InChI is InChI=1S/C15H14N2O3/c1-9(18)20-15-13-5-4-12(8-11(13)6-7-16-15)17-14(19)10-2-3-10/h4-8,10H,2-3H2,1H3,(H,17,19). The molecular weight excluding hydrogens is 256 g/mol. The van der Waals surface area contributed by atoms with E-state index in [0.29, 0.717) is 0 Å². The summed E-state index contributed by atoms with van der Waals surface area (Å²) >= 11 is 0. The van der Waals surface area contributed by atoms with Crippen molar-refractivity contribution in [1.82, 2.24) is 4.98 Å². The van der Waals surface area contributed by atoms with Crippen LogP contribution in [0.15, 0.2) is 30.5 Å². The molecule has 1 fully saturated rings. The Labute approximate surface area is 116 Å². The number of ether oxygens (including phenoxy) is 1. The number of pyridine rings is 1. The van der Waals surface area contributed by atoms with Crippen LogP contribution in [0.3, 0.4) is 0 Å². The van der Waals surface area contributed by atoms with Gasteiger partial charge in [-0.25, -0.2) is 4.98 Å². The third-order valence-corrected chi connectivity index (χ3v) is 3.18. The van der Waals surface area contributed by atoms with E-state index in [9.17, 15) is 9.59 Å². The lowest BCUT2D eigenvalue weighted by Crippen LogP contribution is -2.13. The molecule has 1 amide bonds. The van der Waals surface area contributed by atoms with Gasteiger partial charge in [-0.1, -0.05) is 0 Å². The number of anilines is 1. The van der Waals surface area contributed by atoms with Crippen LogP contribution >= 0.6 is 0 Å². The number of hydrogen-bond acceptors (Lipinski definition) is 4. The zero-order valence-electron chi connectivity index (χ0n) is 11.1. The molecule has 1 aromatic heterocycles. The molecule has 0 spiro atoms. The van der Waals surface area contributed by atoms with E-state index in [4.69, 9.17) is 4.74 Å². The predicted molar refractivity (Wildman–Crippen MR) is 74.4 cm³/mol. The van der Waals surface area contributed by atoms with Gasteiger partial charge in [0.05, 0.1) is 0 Å². The van der Waals surface area contributed by atoms with E-state index >= 15 is 0 Å². The minimum Gasteiger partial charge on any atom is -0.407 e. The number of carbonyl (C=O) groups excluding carboxylic acids is 2. The molecule has 1 aliphatic carbocycles. The minimum atomic E-state index is -0.406. The van der Waals surface area contributed by atoms with Crippen LogP contribution in [0.5, 0.6) is 5.88 Å². The number of hydrogen-bond donors (Lipinski definition) is 1. The van der Waals surface area contributed by atoms with Crippen molar-refractivity contribution in [2.24, 2.45) is 5.92 Å². The lowest BCUT2D eigenvalue weighted by molar-refractivity contribution is -0.132. The SMILES string of the molecule is CC(=O)Oc1nccc2cc(NC(=O)C3CC3)ccc12. The molecule has 0 atom stereocenters. The monoisotopic (exact) mass is 270 g/mol. The average Bonchev–Trinajstić information content (AvgIpc) is 3.22. The molecular formula is C15H14N2O3. The quantitative estimate of drug-likeness (QED) is 0.870. The first-order valence-electron chi connectivity index (χ1n) is 6.51. The molecule has 1 aromatic carbocycles. The Bertz CT molecular complexity index is 693. The van der Waals surface area contributed by atoms with Crippen molar-refractivity contribution in [3.05, 3.63) is 30.5 Å². The van der Waals surface area contributed by atoms with Crippen LogP contribution in [0, 0.1) is 5.92 Å². The Balaban J connectivity index is 1.91. The molecule has 5 heteroatoms. The predicted octanol–water partition coefficient (Wildman–Crippen LogP) is 2.51. The fourth-order valence-corrected chi connectivity index (χ4v) is 2.04. The van der Waals surface area contributed by atoms with E-state index in [2.05, 4.69) is 10.3 Å². The van der Waals surface area contributed by atoms with E-state index in [1.54, 1.807) is 18.3 Å². The maximum atomic E-state index is 11.7. The molecule has 0 radical (unpaired) electrons. The zero-order valence-corrected chi connectivity index (χ0v) is 11.1. The third kappa shape index (κ3) is 2.61. The highest BCUT2D eigenvalue weighted by Gasteiger charge is 2.29. The summed E-state index contributed by atoms with van der Waals surface area (Å²) in [5, 5.41) is 4.50. The van der Waals surface area contributed by atoms with Gasteiger partial charge in [-0.15, -0.1) is 0 Å². The molecule has 1 N–H and O–H groups in total. The highest BCUT2D eigenvalue weighted by Crippen LogP contribution is 2.31. The topological polar surface area (TPSA) is 68.3 Å². The first-order valence-corrected chi connectivity index (χ1v) is 6.51. The van der Waals surface area contributed by atoms with Crippen molar-refractivity contribution in [1.29, 1.82) is 0 Å².